The second-order valence-electron chi connectivity index (χ2n) is 6.29. The minimum Gasteiger partial charge on any atom is -0.483 e. The molecule has 0 aliphatic heterocycles. The number of nitrogens with one attached hydrogen (secondary N) is 1. The molecule has 0 amide bonds. The highest BCUT2D eigenvalue weighted by molar-refractivity contribution is 7.98. The lowest BCUT2D eigenvalue weighted by molar-refractivity contribution is 0.211. The van der Waals surface area contributed by atoms with E-state index in [4.69, 9.17) is 4.74 Å². The lowest BCUT2D eigenvalue weighted by Gasteiger charge is -2.14. The van der Waals surface area contributed by atoms with Crippen molar-refractivity contribution in [2.75, 3.05) is 0 Å². The molecular formula is C20H19N5O2S. The molecule has 4 aromatic rings. The molecule has 2 aromatic heterocycles. The van der Waals surface area contributed by atoms with Crippen LogP contribution >= 0.6 is 11.8 Å². The van der Waals surface area contributed by atoms with Gasteiger partial charge in [0.25, 0.3) is 5.56 Å². The second-order valence-corrected chi connectivity index (χ2v) is 7.23. The van der Waals surface area contributed by atoms with Crippen molar-refractivity contribution in [1.82, 2.24) is 24.7 Å². The Morgan fingerprint density at radius 1 is 1.11 bits per heavy atom. The largest absolute Gasteiger partial charge is 0.483 e. The van der Waals surface area contributed by atoms with Crippen molar-refractivity contribution in [1.29, 1.82) is 0 Å². The molecule has 0 bridgehead atoms. The van der Waals surface area contributed by atoms with E-state index in [1.165, 1.54) is 11.8 Å². The number of para-hydroxylation sites is 2. The first-order valence-corrected chi connectivity index (χ1v) is 9.82. The monoisotopic (exact) mass is 393 g/mol. The van der Waals surface area contributed by atoms with E-state index in [2.05, 4.69) is 20.2 Å². The zero-order valence-corrected chi connectivity index (χ0v) is 16.3. The summed E-state index contributed by atoms with van der Waals surface area (Å²) in [5.41, 5.74) is 0.551. The molecule has 0 radical (unpaired) electrons. The number of hydrogen-bond donors (Lipinski definition) is 1. The summed E-state index contributed by atoms with van der Waals surface area (Å²) < 4.78 is 7.83. The molecule has 0 saturated heterocycles. The van der Waals surface area contributed by atoms with E-state index in [9.17, 15) is 4.79 Å². The first kappa shape index (κ1) is 18.2. The van der Waals surface area contributed by atoms with Gasteiger partial charge in [-0.1, -0.05) is 42.1 Å². The van der Waals surface area contributed by atoms with Crippen LogP contribution in [0.1, 0.15) is 24.7 Å². The van der Waals surface area contributed by atoms with Gasteiger partial charge in [0.2, 0.25) is 0 Å². The van der Waals surface area contributed by atoms with Gasteiger partial charge in [-0.05, 0) is 31.2 Å². The van der Waals surface area contributed by atoms with E-state index in [0.29, 0.717) is 22.5 Å². The highest BCUT2D eigenvalue weighted by atomic mass is 32.2. The van der Waals surface area contributed by atoms with Gasteiger partial charge in [-0.15, -0.1) is 10.2 Å². The first-order valence-electron chi connectivity index (χ1n) is 8.83. The smallest absolute Gasteiger partial charge is 0.258 e. The third kappa shape index (κ3) is 3.77. The number of H-pyrrole nitrogens is 1. The molecule has 142 valence electrons. The van der Waals surface area contributed by atoms with Gasteiger partial charge >= 0.3 is 0 Å². The standard InChI is InChI=1S/C20H19N5O2S/c1-13(27-14-8-4-3-5-9-14)18-23-24-20(25(18)2)28-12-17-21-16-11-7-6-10-15(16)19(26)22-17/h3-11,13H,12H2,1-2H3,(H,21,22,26)/t13-/m1/s1. The summed E-state index contributed by atoms with van der Waals surface area (Å²) in [6.45, 7) is 1.94. The quantitative estimate of drug-likeness (QED) is 0.505. The van der Waals surface area contributed by atoms with Gasteiger partial charge in [-0.2, -0.15) is 0 Å². The lowest BCUT2D eigenvalue weighted by atomic mass is 10.2. The average Bonchev–Trinajstić information content (AvgIpc) is 3.08. The summed E-state index contributed by atoms with van der Waals surface area (Å²) in [6.07, 6.45) is -0.243. The Balaban J connectivity index is 1.48. The molecule has 1 atom stereocenters. The molecule has 28 heavy (non-hydrogen) atoms. The first-order chi connectivity index (χ1) is 13.6. The maximum Gasteiger partial charge on any atom is 0.258 e. The Kier molecular flexibility index (Phi) is 5.12. The maximum absolute atomic E-state index is 12.2. The van der Waals surface area contributed by atoms with Crippen LogP contribution in [0.4, 0.5) is 0 Å². The van der Waals surface area contributed by atoms with Gasteiger partial charge in [0.15, 0.2) is 17.1 Å². The predicted octanol–water partition coefficient (Wildman–Crippen LogP) is 3.48. The number of benzene rings is 2. The maximum atomic E-state index is 12.2. The number of fused-ring (bicyclic) bond motifs is 1. The van der Waals surface area contributed by atoms with Crippen molar-refractivity contribution in [2.24, 2.45) is 7.05 Å². The van der Waals surface area contributed by atoms with Crippen LogP contribution in [-0.2, 0) is 12.8 Å². The molecule has 0 fully saturated rings. The third-order valence-corrected chi connectivity index (χ3v) is 5.32. The molecule has 0 aliphatic rings. The van der Waals surface area contributed by atoms with Crippen LogP contribution in [0.3, 0.4) is 0 Å². The molecule has 0 aliphatic carbocycles. The van der Waals surface area contributed by atoms with Crippen LogP contribution in [0.15, 0.2) is 64.5 Å². The van der Waals surface area contributed by atoms with Gasteiger partial charge in [0, 0.05) is 7.05 Å². The summed E-state index contributed by atoms with van der Waals surface area (Å²) >= 11 is 1.46. The number of nitrogens with zero attached hydrogens (tertiary/aromatic N) is 4. The van der Waals surface area contributed by atoms with Crippen LogP contribution < -0.4 is 10.3 Å². The zero-order chi connectivity index (χ0) is 19.5. The molecule has 0 unspecified atom stereocenters. The molecule has 0 spiro atoms. The summed E-state index contributed by atoms with van der Waals surface area (Å²) in [6, 6.07) is 16.9. The van der Waals surface area contributed by atoms with Crippen molar-refractivity contribution < 1.29 is 4.74 Å². The predicted molar refractivity (Wildman–Crippen MR) is 108 cm³/mol. The zero-order valence-electron chi connectivity index (χ0n) is 15.5. The highest BCUT2D eigenvalue weighted by Gasteiger charge is 2.17. The van der Waals surface area contributed by atoms with E-state index in [0.717, 1.165) is 16.7 Å². The molecular weight excluding hydrogens is 374 g/mol. The van der Waals surface area contributed by atoms with Gasteiger partial charge < -0.3 is 14.3 Å². The molecule has 8 heteroatoms. The van der Waals surface area contributed by atoms with E-state index in [1.807, 2.05) is 67.1 Å². The van der Waals surface area contributed by atoms with Crippen LogP contribution in [0.5, 0.6) is 5.75 Å². The van der Waals surface area contributed by atoms with Crippen LogP contribution in [-0.4, -0.2) is 24.7 Å². The number of rotatable bonds is 6. The number of ether oxygens (including phenoxy) is 1. The van der Waals surface area contributed by atoms with Crippen LogP contribution in [0.25, 0.3) is 10.9 Å². The Morgan fingerprint density at radius 2 is 1.86 bits per heavy atom. The van der Waals surface area contributed by atoms with Gasteiger partial charge in [-0.25, -0.2) is 4.98 Å². The topological polar surface area (TPSA) is 85.7 Å². The summed E-state index contributed by atoms with van der Waals surface area (Å²) in [7, 11) is 1.90. The number of thioether (sulfide) groups is 1. The van der Waals surface area contributed by atoms with Crippen molar-refractivity contribution in [3.05, 3.63) is 76.6 Å². The fourth-order valence-electron chi connectivity index (χ4n) is 2.90. The molecule has 2 aromatic carbocycles. The third-order valence-electron chi connectivity index (χ3n) is 4.29. The van der Waals surface area contributed by atoms with E-state index < -0.39 is 0 Å². The normalized spacial score (nSPS) is 12.2. The number of aromatic nitrogens is 5. The van der Waals surface area contributed by atoms with Crippen LogP contribution in [0, 0.1) is 0 Å². The van der Waals surface area contributed by atoms with E-state index in [-0.39, 0.29) is 11.7 Å². The number of hydrogen-bond acceptors (Lipinski definition) is 6. The van der Waals surface area contributed by atoms with E-state index in [1.54, 1.807) is 6.07 Å². The second kappa shape index (κ2) is 7.85. The number of aromatic amines is 1. The van der Waals surface area contributed by atoms with Crippen molar-refractivity contribution >= 4 is 22.7 Å². The summed E-state index contributed by atoms with van der Waals surface area (Å²) in [4.78, 5) is 19.5. The minimum atomic E-state index is -0.243. The Morgan fingerprint density at radius 3 is 2.68 bits per heavy atom. The molecule has 0 saturated carbocycles. The SMILES string of the molecule is C[C@@H](Oc1ccccc1)c1nnc(SCc2nc3ccccc3c(=O)[nH]2)n1C. The van der Waals surface area contributed by atoms with Crippen molar-refractivity contribution in [3.63, 3.8) is 0 Å². The van der Waals surface area contributed by atoms with Gasteiger partial charge in [0.1, 0.15) is 11.6 Å². The molecule has 1 N–H and O–H groups in total. The summed E-state index contributed by atoms with van der Waals surface area (Å²) in [5, 5.41) is 9.84. The fourth-order valence-corrected chi connectivity index (χ4v) is 3.69. The molecule has 4 rings (SSSR count). The van der Waals surface area contributed by atoms with Gasteiger partial charge in [-0.3, -0.25) is 4.79 Å². The minimum absolute atomic E-state index is 0.135. The Labute approximate surface area is 165 Å². The highest BCUT2D eigenvalue weighted by Crippen LogP contribution is 2.24. The molecule has 2 heterocycles. The Hall–Kier alpha value is -3.13. The lowest BCUT2D eigenvalue weighted by Crippen LogP contribution is -2.11. The van der Waals surface area contributed by atoms with E-state index >= 15 is 0 Å². The summed E-state index contributed by atoms with van der Waals surface area (Å²) in [5.74, 6) is 2.60. The fraction of sp³-hybridized carbons (Fsp3) is 0.200. The van der Waals surface area contributed by atoms with Crippen LogP contribution in [0.2, 0.25) is 0 Å². The van der Waals surface area contributed by atoms with Gasteiger partial charge in [0.05, 0.1) is 16.7 Å². The Bertz CT molecular complexity index is 1160. The average molecular weight is 393 g/mol. The van der Waals surface area contributed by atoms with Crippen molar-refractivity contribution in [3.8, 4) is 5.75 Å². The van der Waals surface area contributed by atoms with Crippen molar-refractivity contribution in [2.45, 2.75) is 23.9 Å². The molecule has 7 nitrogen and oxygen atoms in total.